The number of rotatable bonds is 1. The molecule has 1 saturated heterocycles. The standard InChI is InChI=1S/C16H19ClN2O2/c17-11-4-3-5-12(10-11)18-16(21)19-9-8-15(20)13-6-1-2-7-14(13)19/h3-5,10,13-14H,1-2,6-9H2,(H,18,21)/t13-,14+/m0/s1. The normalized spacial score (nSPS) is 25.4. The smallest absolute Gasteiger partial charge is 0.320 e. The molecule has 1 aliphatic heterocycles. The summed E-state index contributed by atoms with van der Waals surface area (Å²) in [5.74, 6) is 0.365. The minimum atomic E-state index is -0.123. The highest BCUT2D eigenvalue weighted by atomic mass is 35.5. The van der Waals surface area contributed by atoms with E-state index >= 15 is 0 Å². The number of Topliss-reactive ketones (excluding diaryl/α,β-unsaturated/α-hetero) is 1. The average Bonchev–Trinajstić information content (AvgIpc) is 2.48. The number of anilines is 1. The van der Waals surface area contributed by atoms with Gasteiger partial charge in [0.1, 0.15) is 5.78 Å². The molecule has 1 aromatic rings. The summed E-state index contributed by atoms with van der Waals surface area (Å²) in [4.78, 5) is 26.4. The van der Waals surface area contributed by atoms with Crippen LogP contribution in [-0.4, -0.2) is 29.3 Å². The Labute approximate surface area is 129 Å². The second kappa shape index (κ2) is 6.06. The summed E-state index contributed by atoms with van der Waals surface area (Å²) in [5, 5.41) is 3.49. The molecule has 2 aliphatic rings. The largest absolute Gasteiger partial charge is 0.322 e. The molecular formula is C16H19ClN2O2. The number of amides is 2. The zero-order chi connectivity index (χ0) is 14.8. The lowest BCUT2D eigenvalue weighted by Crippen LogP contribution is -2.54. The summed E-state index contributed by atoms with van der Waals surface area (Å²) in [5.41, 5.74) is 0.691. The van der Waals surface area contributed by atoms with Crippen molar-refractivity contribution in [2.75, 3.05) is 11.9 Å². The SMILES string of the molecule is O=C1CCN(C(=O)Nc2cccc(Cl)c2)[C@@H]2CCCC[C@H]12. The van der Waals surface area contributed by atoms with Crippen LogP contribution >= 0.6 is 11.6 Å². The third-order valence-corrected chi connectivity index (χ3v) is 4.71. The molecule has 1 N–H and O–H groups in total. The Balaban J connectivity index is 1.73. The fourth-order valence-corrected chi connectivity index (χ4v) is 3.65. The fraction of sp³-hybridized carbons (Fsp3) is 0.500. The maximum absolute atomic E-state index is 12.5. The first kappa shape index (κ1) is 14.4. The van der Waals surface area contributed by atoms with Gasteiger partial charge in [0, 0.05) is 35.6 Å². The topological polar surface area (TPSA) is 49.4 Å². The Kier molecular flexibility index (Phi) is 4.15. The van der Waals surface area contributed by atoms with Gasteiger partial charge in [-0.25, -0.2) is 4.79 Å². The van der Waals surface area contributed by atoms with Crippen molar-refractivity contribution in [3.63, 3.8) is 0 Å². The van der Waals surface area contributed by atoms with E-state index in [2.05, 4.69) is 5.32 Å². The molecule has 0 aromatic heterocycles. The lowest BCUT2D eigenvalue weighted by molar-refractivity contribution is -0.129. The minimum absolute atomic E-state index is 0.0395. The van der Waals surface area contributed by atoms with E-state index in [1.807, 2.05) is 11.0 Å². The summed E-state index contributed by atoms with van der Waals surface area (Å²) in [6.45, 7) is 0.520. The molecule has 0 unspecified atom stereocenters. The van der Waals surface area contributed by atoms with Gasteiger partial charge in [-0.1, -0.05) is 30.5 Å². The zero-order valence-corrected chi connectivity index (χ0v) is 12.6. The van der Waals surface area contributed by atoms with Crippen molar-refractivity contribution in [1.82, 2.24) is 4.90 Å². The van der Waals surface area contributed by atoms with Gasteiger partial charge in [0.25, 0.3) is 0 Å². The molecule has 3 rings (SSSR count). The molecule has 2 atom stereocenters. The first-order valence-electron chi connectivity index (χ1n) is 7.51. The number of nitrogens with one attached hydrogen (secondary N) is 1. The van der Waals surface area contributed by atoms with Crippen LogP contribution < -0.4 is 5.32 Å². The van der Waals surface area contributed by atoms with Gasteiger partial charge >= 0.3 is 6.03 Å². The van der Waals surface area contributed by atoms with E-state index in [9.17, 15) is 9.59 Å². The van der Waals surface area contributed by atoms with Crippen LogP contribution in [0.15, 0.2) is 24.3 Å². The number of hydrogen-bond acceptors (Lipinski definition) is 2. The summed E-state index contributed by atoms with van der Waals surface area (Å²) in [7, 11) is 0. The van der Waals surface area contributed by atoms with Crippen molar-refractivity contribution in [2.45, 2.75) is 38.1 Å². The number of ketones is 1. The van der Waals surface area contributed by atoms with Crippen LogP contribution in [0.2, 0.25) is 5.02 Å². The van der Waals surface area contributed by atoms with Crippen LogP contribution in [0.3, 0.4) is 0 Å². The van der Waals surface area contributed by atoms with Gasteiger partial charge in [-0.2, -0.15) is 0 Å². The summed E-state index contributed by atoms with van der Waals surface area (Å²) in [6.07, 6.45) is 4.51. The second-order valence-electron chi connectivity index (χ2n) is 5.81. The predicted molar refractivity (Wildman–Crippen MR) is 82.5 cm³/mol. The number of carbonyl (C=O) groups is 2. The minimum Gasteiger partial charge on any atom is -0.320 e. The molecule has 112 valence electrons. The highest BCUT2D eigenvalue weighted by molar-refractivity contribution is 6.30. The van der Waals surface area contributed by atoms with E-state index < -0.39 is 0 Å². The van der Waals surface area contributed by atoms with Crippen molar-refractivity contribution in [2.24, 2.45) is 5.92 Å². The van der Waals surface area contributed by atoms with Gasteiger partial charge in [0.15, 0.2) is 0 Å². The number of likely N-dealkylation sites (tertiary alicyclic amines) is 1. The summed E-state index contributed by atoms with van der Waals surface area (Å²) < 4.78 is 0. The maximum atomic E-state index is 12.5. The molecule has 2 amide bonds. The molecule has 21 heavy (non-hydrogen) atoms. The van der Waals surface area contributed by atoms with Crippen LogP contribution in [0, 0.1) is 5.92 Å². The van der Waals surface area contributed by atoms with Crippen LogP contribution in [0.1, 0.15) is 32.1 Å². The van der Waals surface area contributed by atoms with E-state index in [1.165, 1.54) is 0 Å². The molecule has 1 saturated carbocycles. The zero-order valence-electron chi connectivity index (χ0n) is 11.8. The van der Waals surface area contributed by atoms with E-state index in [0.29, 0.717) is 29.5 Å². The van der Waals surface area contributed by atoms with Crippen molar-refractivity contribution in [3.8, 4) is 0 Å². The van der Waals surface area contributed by atoms with Crippen LogP contribution in [0.5, 0.6) is 0 Å². The average molecular weight is 307 g/mol. The molecule has 1 aliphatic carbocycles. The van der Waals surface area contributed by atoms with Crippen LogP contribution in [0.4, 0.5) is 10.5 Å². The summed E-state index contributed by atoms with van der Waals surface area (Å²) >= 11 is 5.93. The summed E-state index contributed by atoms with van der Waals surface area (Å²) in [6, 6.07) is 7.07. The number of halogens is 1. The Morgan fingerprint density at radius 2 is 2.10 bits per heavy atom. The molecule has 1 heterocycles. The highest BCUT2D eigenvalue weighted by Gasteiger charge is 2.40. The highest BCUT2D eigenvalue weighted by Crippen LogP contribution is 2.33. The molecule has 0 spiro atoms. The van der Waals surface area contributed by atoms with Crippen molar-refractivity contribution < 1.29 is 9.59 Å². The number of piperidine rings is 1. The van der Waals surface area contributed by atoms with Gasteiger partial charge < -0.3 is 10.2 Å². The second-order valence-corrected chi connectivity index (χ2v) is 6.24. The predicted octanol–water partition coefficient (Wildman–Crippen LogP) is 3.71. The van der Waals surface area contributed by atoms with Crippen molar-refractivity contribution >= 4 is 29.1 Å². The third kappa shape index (κ3) is 3.05. The van der Waals surface area contributed by atoms with Gasteiger partial charge in [-0.3, -0.25) is 4.79 Å². The van der Waals surface area contributed by atoms with Gasteiger partial charge in [-0.05, 0) is 31.0 Å². The number of nitrogens with zero attached hydrogens (tertiary/aromatic N) is 1. The van der Waals surface area contributed by atoms with Crippen LogP contribution in [0.25, 0.3) is 0 Å². The lowest BCUT2D eigenvalue weighted by atomic mass is 9.77. The molecule has 0 bridgehead atoms. The number of hydrogen-bond donors (Lipinski definition) is 1. The number of urea groups is 1. The maximum Gasteiger partial charge on any atom is 0.322 e. The lowest BCUT2D eigenvalue weighted by Gasteiger charge is -2.42. The molecular weight excluding hydrogens is 288 g/mol. The van der Waals surface area contributed by atoms with Gasteiger partial charge in [0.05, 0.1) is 0 Å². The third-order valence-electron chi connectivity index (χ3n) is 4.48. The fourth-order valence-electron chi connectivity index (χ4n) is 3.46. The van der Waals surface area contributed by atoms with E-state index in [-0.39, 0.29) is 18.0 Å². The number of carbonyl (C=O) groups excluding carboxylic acids is 2. The molecule has 1 aromatic carbocycles. The van der Waals surface area contributed by atoms with Crippen molar-refractivity contribution in [3.05, 3.63) is 29.3 Å². The molecule has 5 heteroatoms. The number of benzene rings is 1. The molecule has 4 nitrogen and oxygen atoms in total. The van der Waals surface area contributed by atoms with Crippen molar-refractivity contribution in [1.29, 1.82) is 0 Å². The molecule has 2 fully saturated rings. The quantitative estimate of drug-likeness (QED) is 0.860. The van der Waals surface area contributed by atoms with E-state index in [4.69, 9.17) is 11.6 Å². The number of fused-ring (bicyclic) bond motifs is 1. The Morgan fingerprint density at radius 3 is 2.90 bits per heavy atom. The Hall–Kier alpha value is -1.55. The Morgan fingerprint density at radius 1 is 1.29 bits per heavy atom. The van der Waals surface area contributed by atoms with Gasteiger partial charge in [0.2, 0.25) is 0 Å². The van der Waals surface area contributed by atoms with E-state index in [1.54, 1.807) is 18.2 Å². The van der Waals surface area contributed by atoms with Crippen LogP contribution in [-0.2, 0) is 4.79 Å². The monoisotopic (exact) mass is 306 g/mol. The Bertz CT molecular complexity index is 561. The van der Waals surface area contributed by atoms with Gasteiger partial charge in [-0.15, -0.1) is 0 Å². The molecule has 0 radical (unpaired) electrons. The first-order valence-corrected chi connectivity index (χ1v) is 7.89. The van der Waals surface area contributed by atoms with E-state index in [0.717, 1.165) is 25.7 Å². The first-order chi connectivity index (χ1) is 10.1.